The van der Waals surface area contributed by atoms with E-state index in [2.05, 4.69) is 22.1 Å². The van der Waals surface area contributed by atoms with Gasteiger partial charge in [0.2, 0.25) is 0 Å². The molecule has 0 radical (unpaired) electrons. The van der Waals surface area contributed by atoms with Crippen molar-refractivity contribution in [3.8, 4) is 18.1 Å². The molecule has 0 heterocycles. The Hall–Kier alpha value is -2.19. The van der Waals surface area contributed by atoms with E-state index >= 15 is 0 Å². The zero-order valence-corrected chi connectivity index (χ0v) is 9.83. The molecule has 1 amide bonds. The first-order valence-corrected chi connectivity index (χ1v) is 5.10. The second-order valence-electron chi connectivity index (χ2n) is 3.25. The summed E-state index contributed by atoms with van der Waals surface area (Å²) in [4.78, 5) is 11.2. The van der Waals surface area contributed by atoms with Crippen LogP contribution in [-0.2, 0) is 0 Å². The van der Waals surface area contributed by atoms with Gasteiger partial charge in [0, 0.05) is 18.3 Å². The second kappa shape index (κ2) is 6.40. The number of amides is 1. The summed E-state index contributed by atoms with van der Waals surface area (Å²) in [5, 5.41) is 3.04. The number of benzene rings is 1. The molecule has 0 spiro atoms. The molecule has 0 unspecified atom stereocenters. The first-order valence-electron chi connectivity index (χ1n) is 5.10. The molecule has 0 aliphatic heterocycles. The van der Waals surface area contributed by atoms with Crippen molar-refractivity contribution in [2.45, 2.75) is 6.92 Å². The molecule has 17 heavy (non-hydrogen) atoms. The average molecular weight is 233 g/mol. The van der Waals surface area contributed by atoms with E-state index in [4.69, 9.17) is 11.2 Å². The van der Waals surface area contributed by atoms with Crippen molar-refractivity contribution in [2.75, 3.05) is 18.9 Å². The third kappa shape index (κ3) is 3.70. The summed E-state index contributed by atoms with van der Waals surface area (Å²) in [6, 6.07) is 5.37. The third-order valence-corrected chi connectivity index (χ3v) is 2.09. The van der Waals surface area contributed by atoms with Gasteiger partial charge in [-0.1, -0.05) is 12.0 Å². The molecular weight excluding hydrogens is 218 g/mol. The number of rotatable bonds is 4. The summed E-state index contributed by atoms with van der Waals surface area (Å²) < 4.78 is 5.10. The number of ether oxygens (including phenoxy) is 1. The van der Waals surface area contributed by atoms with E-state index in [0.717, 1.165) is 11.3 Å². The van der Waals surface area contributed by atoms with Crippen molar-refractivity contribution in [1.82, 2.24) is 10.9 Å². The van der Waals surface area contributed by atoms with Gasteiger partial charge >= 0.3 is 6.09 Å². The van der Waals surface area contributed by atoms with Crippen molar-refractivity contribution in [1.29, 1.82) is 0 Å². The van der Waals surface area contributed by atoms with Gasteiger partial charge in [0.1, 0.15) is 5.75 Å². The van der Waals surface area contributed by atoms with E-state index in [-0.39, 0.29) is 0 Å². The molecule has 0 fully saturated rings. The van der Waals surface area contributed by atoms with Crippen molar-refractivity contribution in [3.05, 3.63) is 23.8 Å². The van der Waals surface area contributed by atoms with Gasteiger partial charge in [0.25, 0.3) is 0 Å². The van der Waals surface area contributed by atoms with Crippen LogP contribution in [0.1, 0.15) is 5.56 Å². The lowest BCUT2D eigenvalue weighted by atomic mass is 10.2. The van der Waals surface area contributed by atoms with Gasteiger partial charge in [-0.25, -0.2) is 10.2 Å². The molecule has 0 aromatic heterocycles. The summed E-state index contributed by atoms with van der Waals surface area (Å²) in [5.74, 6) is 2.97. The molecule has 3 N–H and O–H groups in total. The minimum Gasteiger partial charge on any atom is -0.409 e. The number of carbonyl (C=O) groups is 1. The van der Waals surface area contributed by atoms with Gasteiger partial charge in [-0.15, -0.1) is 6.42 Å². The van der Waals surface area contributed by atoms with Crippen molar-refractivity contribution in [3.63, 3.8) is 0 Å². The Bertz CT molecular complexity index is 438. The van der Waals surface area contributed by atoms with E-state index in [9.17, 15) is 4.79 Å². The van der Waals surface area contributed by atoms with Crippen LogP contribution in [0.25, 0.3) is 0 Å². The highest BCUT2D eigenvalue weighted by atomic mass is 16.6. The van der Waals surface area contributed by atoms with Crippen LogP contribution in [0.4, 0.5) is 10.5 Å². The predicted octanol–water partition coefficient (Wildman–Crippen LogP) is 1.26. The molecule has 1 aromatic rings. The van der Waals surface area contributed by atoms with Crippen molar-refractivity contribution >= 4 is 11.8 Å². The van der Waals surface area contributed by atoms with Crippen LogP contribution in [0, 0.1) is 19.3 Å². The van der Waals surface area contributed by atoms with Crippen LogP contribution in [-0.4, -0.2) is 19.7 Å². The molecule has 0 aliphatic rings. The third-order valence-electron chi connectivity index (χ3n) is 2.09. The van der Waals surface area contributed by atoms with Gasteiger partial charge in [0.05, 0.1) is 6.54 Å². The number of terminal acetylenes is 1. The second-order valence-corrected chi connectivity index (χ2v) is 3.25. The highest BCUT2D eigenvalue weighted by Gasteiger charge is 2.08. The zero-order chi connectivity index (χ0) is 12.7. The van der Waals surface area contributed by atoms with Crippen LogP contribution in [0.5, 0.6) is 5.75 Å². The number of hydrazine groups is 1. The maximum atomic E-state index is 11.2. The number of hydrogen-bond acceptors (Lipinski definition) is 4. The van der Waals surface area contributed by atoms with Crippen LogP contribution in [0.2, 0.25) is 0 Å². The molecule has 1 rings (SSSR count). The lowest BCUT2D eigenvalue weighted by Gasteiger charge is -2.12. The number of hydrogen-bond donors (Lipinski definition) is 3. The van der Waals surface area contributed by atoms with Gasteiger partial charge < -0.3 is 10.1 Å². The van der Waals surface area contributed by atoms with Gasteiger partial charge in [0.15, 0.2) is 0 Å². The maximum Gasteiger partial charge on any atom is 0.427 e. The molecule has 0 atom stereocenters. The van der Waals surface area contributed by atoms with Crippen molar-refractivity contribution < 1.29 is 9.53 Å². The van der Waals surface area contributed by atoms with E-state index in [1.807, 2.05) is 13.0 Å². The SMILES string of the molecule is C#CCNc1cccc(OC(=O)NNC)c1C. The maximum absolute atomic E-state index is 11.2. The standard InChI is InChI=1S/C12H15N3O2/c1-4-8-14-10-6-5-7-11(9(10)2)17-12(16)15-13-3/h1,5-7,13-14H,8H2,2-3H3,(H,15,16). The minimum absolute atomic E-state index is 0.424. The van der Waals surface area contributed by atoms with Crippen LogP contribution in [0.3, 0.4) is 0 Å². The predicted molar refractivity (Wildman–Crippen MR) is 66.7 cm³/mol. The highest BCUT2D eigenvalue weighted by Crippen LogP contribution is 2.25. The van der Waals surface area contributed by atoms with Crippen LogP contribution >= 0.6 is 0 Å². The summed E-state index contributed by atoms with van der Waals surface area (Å²) >= 11 is 0. The number of nitrogens with one attached hydrogen (secondary N) is 3. The fourth-order valence-electron chi connectivity index (χ4n) is 1.29. The molecule has 0 saturated carbocycles. The minimum atomic E-state index is -0.565. The van der Waals surface area contributed by atoms with Gasteiger partial charge in [-0.05, 0) is 19.1 Å². The summed E-state index contributed by atoms with van der Waals surface area (Å²) in [5.41, 5.74) is 6.48. The molecule has 0 bridgehead atoms. The Morgan fingerprint density at radius 2 is 2.29 bits per heavy atom. The lowest BCUT2D eigenvalue weighted by molar-refractivity contribution is 0.196. The van der Waals surface area contributed by atoms with Gasteiger partial charge in [-0.3, -0.25) is 5.43 Å². The highest BCUT2D eigenvalue weighted by molar-refractivity contribution is 5.71. The van der Waals surface area contributed by atoms with Gasteiger partial charge in [-0.2, -0.15) is 0 Å². The zero-order valence-electron chi connectivity index (χ0n) is 9.83. The molecule has 0 saturated heterocycles. The van der Waals surface area contributed by atoms with E-state index in [1.54, 1.807) is 19.2 Å². The molecule has 5 nitrogen and oxygen atoms in total. The normalized spacial score (nSPS) is 9.24. The average Bonchev–Trinajstić information content (AvgIpc) is 2.30. The van der Waals surface area contributed by atoms with Crippen LogP contribution in [0.15, 0.2) is 18.2 Å². The summed E-state index contributed by atoms with van der Waals surface area (Å²) in [7, 11) is 1.58. The monoisotopic (exact) mass is 233 g/mol. The first kappa shape index (κ1) is 12.9. The Morgan fingerprint density at radius 1 is 1.53 bits per heavy atom. The van der Waals surface area contributed by atoms with Crippen molar-refractivity contribution in [2.24, 2.45) is 0 Å². The molecule has 1 aromatic carbocycles. The Kier molecular flexibility index (Phi) is 4.85. The van der Waals surface area contributed by atoms with Crippen LogP contribution < -0.4 is 20.9 Å². The fraction of sp³-hybridized carbons (Fsp3) is 0.250. The fourth-order valence-corrected chi connectivity index (χ4v) is 1.29. The largest absolute Gasteiger partial charge is 0.427 e. The molecule has 5 heteroatoms. The Labute approximate surface area is 101 Å². The van der Waals surface area contributed by atoms with E-state index < -0.39 is 6.09 Å². The quantitative estimate of drug-likeness (QED) is 0.541. The smallest absolute Gasteiger partial charge is 0.409 e. The Balaban J connectivity index is 2.79. The Morgan fingerprint density at radius 3 is 2.94 bits per heavy atom. The topological polar surface area (TPSA) is 62.4 Å². The summed E-state index contributed by atoms with van der Waals surface area (Å²) in [6.07, 6.45) is 4.60. The lowest BCUT2D eigenvalue weighted by Crippen LogP contribution is -2.36. The molecular formula is C12H15N3O2. The van der Waals surface area contributed by atoms with E-state index in [0.29, 0.717) is 12.3 Å². The molecule has 0 aliphatic carbocycles. The van der Waals surface area contributed by atoms with E-state index in [1.165, 1.54) is 0 Å². The summed E-state index contributed by atoms with van der Waals surface area (Å²) in [6.45, 7) is 2.27. The first-order chi connectivity index (χ1) is 8.19. The number of carbonyl (C=O) groups excluding carboxylic acids is 1. The number of anilines is 1. The molecule has 90 valence electrons.